The van der Waals surface area contributed by atoms with Gasteiger partial charge in [-0.2, -0.15) is 0 Å². The molecule has 5 nitrogen and oxygen atoms in total. The van der Waals surface area contributed by atoms with Crippen LogP contribution in [0, 0.1) is 25.7 Å². The van der Waals surface area contributed by atoms with Gasteiger partial charge in [-0.05, 0) is 67.1 Å². The number of nitrogens with zero attached hydrogens (tertiary/aromatic N) is 2. The minimum absolute atomic E-state index is 0.117. The number of carboxylic acids is 1. The number of rotatable bonds is 4. The Balaban J connectivity index is 1.65. The molecule has 1 aliphatic rings. The highest BCUT2D eigenvalue weighted by atomic mass is 35.5. The number of aryl methyl sites for hydroxylation is 3. The van der Waals surface area contributed by atoms with Crippen LogP contribution < -0.4 is 0 Å². The monoisotopic (exact) mass is 486 g/mol. The molecule has 7 heteroatoms. The highest BCUT2D eigenvalue weighted by Crippen LogP contribution is 2.34. The second kappa shape index (κ2) is 9.03. The molecule has 0 unspecified atom stereocenters. The molecule has 1 fully saturated rings. The van der Waals surface area contributed by atoms with Crippen molar-refractivity contribution in [2.75, 3.05) is 13.1 Å². The molecule has 2 heterocycles. The van der Waals surface area contributed by atoms with Crippen LogP contribution >= 0.6 is 23.2 Å². The third kappa shape index (κ3) is 4.36. The molecular weight excluding hydrogens is 459 g/mol. The maximum absolute atomic E-state index is 13.3. The summed E-state index contributed by atoms with van der Waals surface area (Å²) in [5, 5.41) is 11.4. The molecule has 1 aromatic heterocycles. The Morgan fingerprint density at radius 2 is 1.88 bits per heavy atom. The molecule has 0 saturated carbocycles. The Bertz CT molecular complexity index is 1260. The lowest BCUT2D eigenvalue weighted by atomic mass is 9.86. The number of piperidine rings is 1. The summed E-state index contributed by atoms with van der Waals surface area (Å²) in [5.74, 6) is -1.53. The first-order valence-corrected chi connectivity index (χ1v) is 11.9. The number of aliphatic carboxylic acids is 1. The summed E-state index contributed by atoms with van der Waals surface area (Å²) in [4.78, 5) is 26.4. The molecule has 1 amide bonds. The number of carbonyl (C=O) groups excluding carboxylic acids is 1. The highest BCUT2D eigenvalue weighted by molar-refractivity contribution is 6.38. The van der Waals surface area contributed by atoms with Gasteiger partial charge >= 0.3 is 5.97 Å². The van der Waals surface area contributed by atoms with E-state index in [2.05, 4.69) is 36.6 Å². The number of halogens is 2. The number of carboxylic acid groups (broad SMARTS) is 1. The van der Waals surface area contributed by atoms with Crippen molar-refractivity contribution >= 4 is 46.0 Å². The molecule has 0 spiro atoms. The first-order chi connectivity index (χ1) is 15.6. The van der Waals surface area contributed by atoms with Crippen molar-refractivity contribution in [3.05, 3.63) is 68.3 Å². The summed E-state index contributed by atoms with van der Waals surface area (Å²) in [6.07, 6.45) is 0.939. The zero-order valence-electron chi connectivity index (χ0n) is 19.3. The number of aromatic nitrogens is 1. The predicted molar refractivity (Wildman–Crippen MR) is 132 cm³/mol. The van der Waals surface area contributed by atoms with E-state index >= 15 is 0 Å². The van der Waals surface area contributed by atoms with Gasteiger partial charge in [-0.1, -0.05) is 36.2 Å². The molecule has 0 bridgehead atoms. The van der Waals surface area contributed by atoms with Crippen LogP contribution in [0.2, 0.25) is 10.0 Å². The third-order valence-electron chi connectivity index (χ3n) is 6.90. The SMILES string of the molecule is Cc1cc(C)c2cc(Cc3c(Cl)ccc(C(=O)N4CC[C@@H](C(=O)O)[C@H](C)C4)c3Cl)n(C)c2c1. The smallest absolute Gasteiger partial charge is 0.306 e. The largest absolute Gasteiger partial charge is 0.481 e. The molecule has 1 saturated heterocycles. The van der Waals surface area contributed by atoms with E-state index in [1.165, 1.54) is 16.5 Å². The second-order valence-corrected chi connectivity index (χ2v) is 10.0. The van der Waals surface area contributed by atoms with Crippen molar-refractivity contribution in [1.82, 2.24) is 9.47 Å². The summed E-state index contributed by atoms with van der Waals surface area (Å²) in [5.41, 5.74) is 5.75. The third-order valence-corrected chi connectivity index (χ3v) is 7.68. The van der Waals surface area contributed by atoms with Gasteiger partial charge in [0.2, 0.25) is 0 Å². The number of likely N-dealkylation sites (tertiary alicyclic amines) is 1. The van der Waals surface area contributed by atoms with Gasteiger partial charge in [-0.3, -0.25) is 9.59 Å². The van der Waals surface area contributed by atoms with E-state index < -0.39 is 11.9 Å². The van der Waals surface area contributed by atoms with E-state index in [1.54, 1.807) is 17.0 Å². The molecule has 2 aromatic carbocycles. The number of hydrogen-bond donors (Lipinski definition) is 1. The van der Waals surface area contributed by atoms with E-state index in [4.69, 9.17) is 23.2 Å². The van der Waals surface area contributed by atoms with Crippen LogP contribution in [0.5, 0.6) is 0 Å². The maximum Gasteiger partial charge on any atom is 0.306 e. The molecule has 3 aromatic rings. The first-order valence-electron chi connectivity index (χ1n) is 11.1. The topological polar surface area (TPSA) is 62.5 Å². The van der Waals surface area contributed by atoms with Gasteiger partial charge < -0.3 is 14.6 Å². The fourth-order valence-corrected chi connectivity index (χ4v) is 5.57. The van der Waals surface area contributed by atoms with Crippen LogP contribution in [-0.4, -0.2) is 39.5 Å². The van der Waals surface area contributed by atoms with Crippen molar-refractivity contribution < 1.29 is 14.7 Å². The first kappa shape index (κ1) is 23.7. The average molecular weight is 487 g/mol. The van der Waals surface area contributed by atoms with Crippen LogP contribution in [0.15, 0.2) is 30.3 Å². The van der Waals surface area contributed by atoms with Crippen molar-refractivity contribution in [3.63, 3.8) is 0 Å². The molecule has 1 aliphatic heterocycles. The zero-order valence-corrected chi connectivity index (χ0v) is 20.8. The van der Waals surface area contributed by atoms with E-state index in [1.807, 2.05) is 14.0 Å². The molecule has 0 aliphatic carbocycles. The van der Waals surface area contributed by atoms with Gasteiger partial charge in [0.1, 0.15) is 0 Å². The number of amides is 1. The standard InChI is InChI=1S/C26H28Cl2N2O3/c1-14-9-15(2)20-11-17(29(4)23(20)10-14)12-21-22(27)6-5-19(24(21)28)25(31)30-8-7-18(26(32)33)16(3)13-30/h5-6,9-11,16,18H,7-8,12-13H2,1-4H3,(H,32,33)/t16-,18-/m1/s1. The van der Waals surface area contributed by atoms with Gasteiger partial charge in [0, 0.05) is 48.2 Å². The van der Waals surface area contributed by atoms with Crippen LogP contribution in [0.1, 0.15) is 46.1 Å². The molecule has 33 heavy (non-hydrogen) atoms. The Kier molecular flexibility index (Phi) is 6.47. The van der Waals surface area contributed by atoms with Gasteiger partial charge in [-0.15, -0.1) is 0 Å². The molecule has 1 N–H and O–H groups in total. The van der Waals surface area contributed by atoms with E-state index in [-0.39, 0.29) is 11.8 Å². The minimum Gasteiger partial charge on any atom is -0.481 e. The number of hydrogen-bond acceptors (Lipinski definition) is 2. The van der Waals surface area contributed by atoms with Crippen molar-refractivity contribution in [1.29, 1.82) is 0 Å². The number of carbonyl (C=O) groups is 2. The van der Waals surface area contributed by atoms with E-state index in [9.17, 15) is 14.7 Å². The number of benzene rings is 2. The van der Waals surface area contributed by atoms with Gasteiger partial charge in [0.15, 0.2) is 0 Å². The quantitative estimate of drug-likeness (QED) is 0.500. The highest BCUT2D eigenvalue weighted by Gasteiger charge is 2.34. The fraction of sp³-hybridized carbons (Fsp3) is 0.385. The van der Waals surface area contributed by atoms with Crippen LogP contribution in [0.4, 0.5) is 0 Å². The van der Waals surface area contributed by atoms with Crippen molar-refractivity contribution in [2.45, 2.75) is 33.6 Å². The molecule has 4 rings (SSSR count). The number of fused-ring (bicyclic) bond motifs is 1. The lowest BCUT2D eigenvalue weighted by molar-refractivity contribution is -0.145. The van der Waals surface area contributed by atoms with Crippen LogP contribution in [0.3, 0.4) is 0 Å². The van der Waals surface area contributed by atoms with Gasteiger partial charge in [0.25, 0.3) is 5.91 Å². The van der Waals surface area contributed by atoms with Crippen molar-refractivity contribution in [2.24, 2.45) is 18.9 Å². The Labute approximate surface area is 203 Å². The molecule has 174 valence electrons. The lowest BCUT2D eigenvalue weighted by Gasteiger charge is -2.35. The second-order valence-electron chi connectivity index (χ2n) is 9.24. The van der Waals surface area contributed by atoms with Gasteiger partial charge in [0.05, 0.1) is 16.5 Å². The minimum atomic E-state index is -0.804. The Morgan fingerprint density at radius 1 is 1.15 bits per heavy atom. The van der Waals surface area contributed by atoms with Crippen LogP contribution in [-0.2, 0) is 18.3 Å². The summed E-state index contributed by atoms with van der Waals surface area (Å²) >= 11 is 13.3. The summed E-state index contributed by atoms with van der Waals surface area (Å²) in [6.45, 7) is 6.86. The summed E-state index contributed by atoms with van der Waals surface area (Å²) in [6, 6.07) is 9.88. The Hall–Kier alpha value is -2.50. The normalized spacial score (nSPS) is 18.7. The predicted octanol–water partition coefficient (Wildman–Crippen LogP) is 5.88. The summed E-state index contributed by atoms with van der Waals surface area (Å²) < 4.78 is 2.15. The van der Waals surface area contributed by atoms with Gasteiger partial charge in [-0.25, -0.2) is 0 Å². The molecule has 0 radical (unpaired) electrons. The average Bonchev–Trinajstić information content (AvgIpc) is 3.06. The molecule has 2 atom stereocenters. The summed E-state index contributed by atoms with van der Waals surface area (Å²) in [7, 11) is 2.03. The zero-order chi connectivity index (χ0) is 24.0. The fourth-order valence-electron chi connectivity index (χ4n) is 4.98. The molecular formula is C26H28Cl2N2O3. The lowest BCUT2D eigenvalue weighted by Crippen LogP contribution is -2.45. The van der Waals surface area contributed by atoms with E-state index in [0.29, 0.717) is 41.5 Å². The van der Waals surface area contributed by atoms with Crippen LogP contribution in [0.25, 0.3) is 10.9 Å². The Morgan fingerprint density at radius 3 is 2.55 bits per heavy atom. The van der Waals surface area contributed by atoms with E-state index in [0.717, 1.165) is 16.8 Å². The maximum atomic E-state index is 13.3. The van der Waals surface area contributed by atoms with Crippen molar-refractivity contribution in [3.8, 4) is 0 Å².